The summed E-state index contributed by atoms with van der Waals surface area (Å²) in [7, 11) is 2.09. The number of hydrogen-bond donors (Lipinski definition) is 0. The van der Waals surface area contributed by atoms with Gasteiger partial charge in [-0.05, 0) is 44.2 Å². The molecule has 1 aromatic carbocycles. The molecule has 110 valence electrons. The van der Waals surface area contributed by atoms with Crippen LogP contribution in [0.2, 0.25) is 0 Å². The molecule has 4 nitrogen and oxygen atoms in total. The average Bonchev–Trinajstić information content (AvgIpc) is 2.38. The molecule has 20 heavy (non-hydrogen) atoms. The number of benzene rings is 1. The highest BCUT2D eigenvalue weighted by molar-refractivity contribution is 5.76. The summed E-state index contributed by atoms with van der Waals surface area (Å²) in [5.41, 5.74) is 2.37. The molecule has 0 unspecified atom stereocenters. The summed E-state index contributed by atoms with van der Waals surface area (Å²) in [5.74, 6) is 1.05. The first-order valence-electron chi connectivity index (χ1n) is 7.22. The molecule has 0 saturated carbocycles. The number of carbonyl (C=O) groups is 1. The number of amides is 1. The van der Waals surface area contributed by atoms with E-state index in [-0.39, 0.29) is 5.91 Å². The van der Waals surface area contributed by atoms with Crippen molar-refractivity contribution in [2.24, 2.45) is 0 Å². The fourth-order valence-electron chi connectivity index (χ4n) is 2.49. The minimum Gasteiger partial charge on any atom is -0.493 e. The SMILES string of the molecule is Cc1cc(C)cc(OCCC(=O)N2CCN(C)CC2)c1. The maximum atomic E-state index is 12.1. The molecule has 2 rings (SSSR count). The van der Waals surface area contributed by atoms with Crippen LogP contribution in [0.15, 0.2) is 18.2 Å². The summed E-state index contributed by atoms with van der Waals surface area (Å²) < 4.78 is 5.69. The molecule has 0 aromatic heterocycles. The van der Waals surface area contributed by atoms with E-state index in [1.54, 1.807) is 0 Å². The van der Waals surface area contributed by atoms with Crippen molar-refractivity contribution < 1.29 is 9.53 Å². The predicted molar refractivity (Wildman–Crippen MR) is 80.1 cm³/mol. The van der Waals surface area contributed by atoms with Crippen LogP contribution < -0.4 is 4.74 Å². The fourth-order valence-corrected chi connectivity index (χ4v) is 2.49. The van der Waals surface area contributed by atoms with Crippen molar-refractivity contribution >= 4 is 5.91 Å². The van der Waals surface area contributed by atoms with Gasteiger partial charge in [0.15, 0.2) is 0 Å². The van der Waals surface area contributed by atoms with Gasteiger partial charge in [0.25, 0.3) is 0 Å². The highest BCUT2D eigenvalue weighted by Gasteiger charge is 2.18. The van der Waals surface area contributed by atoms with Crippen LogP contribution >= 0.6 is 0 Å². The first-order chi connectivity index (χ1) is 9.54. The van der Waals surface area contributed by atoms with Crippen molar-refractivity contribution in [2.75, 3.05) is 39.8 Å². The molecule has 0 bridgehead atoms. The number of likely N-dealkylation sites (N-methyl/N-ethyl adjacent to an activating group) is 1. The maximum absolute atomic E-state index is 12.1. The Bertz CT molecular complexity index is 445. The zero-order chi connectivity index (χ0) is 14.5. The summed E-state index contributed by atoms with van der Waals surface area (Å²) in [5, 5.41) is 0. The molecule has 4 heteroatoms. The Balaban J connectivity index is 1.76. The van der Waals surface area contributed by atoms with Crippen LogP contribution in [-0.2, 0) is 4.79 Å². The van der Waals surface area contributed by atoms with Crippen molar-refractivity contribution in [1.29, 1.82) is 0 Å². The van der Waals surface area contributed by atoms with Gasteiger partial charge in [-0.2, -0.15) is 0 Å². The Labute approximate surface area is 121 Å². The lowest BCUT2D eigenvalue weighted by Crippen LogP contribution is -2.47. The van der Waals surface area contributed by atoms with Gasteiger partial charge in [0.2, 0.25) is 5.91 Å². The number of piperazine rings is 1. The van der Waals surface area contributed by atoms with E-state index in [0.29, 0.717) is 13.0 Å². The maximum Gasteiger partial charge on any atom is 0.226 e. The van der Waals surface area contributed by atoms with Gasteiger partial charge in [0.05, 0.1) is 13.0 Å². The molecule has 0 radical (unpaired) electrons. The number of aryl methyl sites for hydroxylation is 2. The average molecular weight is 276 g/mol. The van der Waals surface area contributed by atoms with E-state index in [4.69, 9.17) is 4.74 Å². The number of carbonyl (C=O) groups excluding carboxylic acids is 1. The van der Waals surface area contributed by atoms with Gasteiger partial charge >= 0.3 is 0 Å². The minimum absolute atomic E-state index is 0.197. The molecular formula is C16H24N2O2. The zero-order valence-electron chi connectivity index (χ0n) is 12.7. The standard InChI is InChI=1S/C16H24N2O2/c1-13-10-14(2)12-15(11-13)20-9-4-16(19)18-7-5-17(3)6-8-18/h10-12H,4-9H2,1-3H3. The van der Waals surface area contributed by atoms with Crippen molar-refractivity contribution in [3.05, 3.63) is 29.3 Å². The fraction of sp³-hybridized carbons (Fsp3) is 0.562. The summed E-state index contributed by atoms with van der Waals surface area (Å²) in [4.78, 5) is 16.2. The minimum atomic E-state index is 0.197. The molecule has 1 amide bonds. The van der Waals surface area contributed by atoms with Gasteiger partial charge in [0.1, 0.15) is 5.75 Å². The summed E-state index contributed by atoms with van der Waals surface area (Å²) >= 11 is 0. The second-order valence-corrected chi connectivity index (χ2v) is 5.61. The van der Waals surface area contributed by atoms with Gasteiger partial charge in [-0.15, -0.1) is 0 Å². The van der Waals surface area contributed by atoms with Crippen LogP contribution in [-0.4, -0.2) is 55.5 Å². The van der Waals surface area contributed by atoms with E-state index >= 15 is 0 Å². The normalized spacial score (nSPS) is 16.2. The van der Waals surface area contributed by atoms with Gasteiger partial charge in [-0.25, -0.2) is 0 Å². The summed E-state index contributed by atoms with van der Waals surface area (Å²) in [6.45, 7) is 8.14. The van der Waals surface area contributed by atoms with E-state index in [1.807, 2.05) is 17.0 Å². The number of hydrogen-bond acceptors (Lipinski definition) is 3. The largest absolute Gasteiger partial charge is 0.493 e. The second-order valence-electron chi connectivity index (χ2n) is 5.61. The third kappa shape index (κ3) is 4.23. The van der Waals surface area contributed by atoms with Crippen LogP contribution in [0.3, 0.4) is 0 Å². The van der Waals surface area contributed by atoms with Gasteiger partial charge in [0, 0.05) is 26.2 Å². The van der Waals surface area contributed by atoms with Crippen molar-refractivity contribution in [3.8, 4) is 5.75 Å². The Hall–Kier alpha value is -1.55. The van der Waals surface area contributed by atoms with Crippen molar-refractivity contribution in [1.82, 2.24) is 9.80 Å². The Morgan fingerprint density at radius 3 is 2.30 bits per heavy atom. The van der Waals surface area contributed by atoms with E-state index < -0.39 is 0 Å². The molecule has 1 aromatic rings. The second kappa shape index (κ2) is 6.75. The molecule has 1 fully saturated rings. The Morgan fingerprint density at radius 2 is 1.70 bits per heavy atom. The van der Waals surface area contributed by atoms with E-state index in [9.17, 15) is 4.79 Å². The molecule has 0 aliphatic carbocycles. The number of nitrogens with zero attached hydrogens (tertiary/aromatic N) is 2. The number of rotatable bonds is 4. The number of ether oxygens (including phenoxy) is 1. The molecule has 1 aliphatic rings. The van der Waals surface area contributed by atoms with Crippen molar-refractivity contribution in [3.63, 3.8) is 0 Å². The Morgan fingerprint density at radius 1 is 1.10 bits per heavy atom. The molecule has 1 saturated heterocycles. The van der Waals surface area contributed by atoms with E-state index in [0.717, 1.165) is 31.9 Å². The monoisotopic (exact) mass is 276 g/mol. The van der Waals surface area contributed by atoms with E-state index in [1.165, 1.54) is 11.1 Å². The lowest BCUT2D eigenvalue weighted by molar-refractivity contribution is -0.133. The predicted octanol–water partition coefficient (Wildman–Crippen LogP) is 1.85. The van der Waals surface area contributed by atoms with Crippen LogP contribution in [0, 0.1) is 13.8 Å². The summed E-state index contributed by atoms with van der Waals surface area (Å²) in [6.07, 6.45) is 0.455. The quantitative estimate of drug-likeness (QED) is 0.841. The van der Waals surface area contributed by atoms with Crippen LogP contribution in [0.25, 0.3) is 0 Å². The van der Waals surface area contributed by atoms with E-state index in [2.05, 4.69) is 31.9 Å². The van der Waals surface area contributed by atoms with Gasteiger partial charge < -0.3 is 14.5 Å². The van der Waals surface area contributed by atoms with Crippen LogP contribution in [0.5, 0.6) is 5.75 Å². The van der Waals surface area contributed by atoms with Crippen LogP contribution in [0.1, 0.15) is 17.5 Å². The lowest BCUT2D eigenvalue weighted by atomic mass is 10.1. The topological polar surface area (TPSA) is 32.8 Å². The molecule has 1 aliphatic heterocycles. The highest BCUT2D eigenvalue weighted by atomic mass is 16.5. The molecule has 0 atom stereocenters. The van der Waals surface area contributed by atoms with Gasteiger partial charge in [-0.3, -0.25) is 4.79 Å². The smallest absolute Gasteiger partial charge is 0.226 e. The highest BCUT2D eigenvalue weighted by Crippen LogP contribution is 2.16. The molecular weight excluding hydrogens is 252 g/mol. The first-order valence-corrected chi connectivity index (χ1v) is 7.22. The third-order valence-electron chi connectivity index (χ3n) is 3.64. The first kappa shape index (κ1) is 14.9. The lowest BCUT2D eigenvalue weighted by Gasteiger charge is -2.32. The third-order valence-corrected chi connectivity index (χ3v) is 3.64. The molecule has 1 heterocycles. The van der Waals surface area contributed by atoms with Gasteiger partial charge in [-0.1, -0.05) is 6.07 Å². The van der Waals surface area contributed by atoms with Crippen LogP contribution in [0.4, 0.5) is 0 Å². The molecule has 0 spiro atoms. The zero-order valence-corrected chi connectivity index (χ0v) is 12.7. The van der Waals surface area contributed by atoms with Crippen molar-refractivity contribution in [2.45, 2.75) is 20.3 Å². The summed E-state index contributed by atoms with van der Waals surface area (Å²) in [6, 6.07) is 6.13. The Kier molecular flexibility index (Phi) is 5.01. The molecule has 0 N–H and O–H groups in total.